The molecule has 1 fully saturated rings. The Hall–Kier alpha value is -2.20. The molecule has 10 nitrogen and oxygen atoms in total. The van der Waals surface area contributed by atoms with E-state index in [2.05, 4.69) is 5.32 Å². The zero-order chi connectivity index (χ0) is 20.6. The second kappa shape index (κ2) is 10.8. The molecule has 5 unspecified atom stereocenters. The molecule has 0 aromatic rings. The molecule has 0 saturated carbocycles. The average Bonchev–Trinajstić information content (AvgIpc) is 2.64. The van der Waals surface area contributed by atoms with Gasteiger partial charge in [0.15, 0.2) is 12.4 Å². The van der Waals surface area contributed by atoms with Gasteiger partial charge in [-0.2, -0.15) is 0 Å². The predicted octanol–water partition coefficient (Wildman–Crippen LogP) is 0.0691. The van der Waals surface area contributed by atoms with E-state index in [4.69, 9.17) is 23.7 Å². The van der Waals surface area contributed by atoms with Crippen molar-refractivity contribution in [3.63, 3.8) is 0 Å². The number of rotatable bonds is 7. The third kappa shape index (κ3) is 7.92. The van der Waals surface area contributed by atoms with Crippen LogP contribution < -0.4 is 5.32 Å². The minimum absolute atomic E-state index is 0.0817. The van der Waals surface area contributed by atoms with E-state index in [9.17, 15) is 19.2 Å². The number of hydrogen-bond acceptors (Lipinski definition) is 9. The second-order valence-electron chi connectivity index (χ2n) is 6.07. The molecule has 0 spiro atoms. The molecular formula is C17H27NO9. The number of ether oxygens (including phenoxy) is 5. The van der Waals surface area contributed by atoms with Crippen LogP contribution in [0.3, 0.4) is 0 Å². The van der Waals surface area contributed by atoms with Gasteiger partial charge in [0.25, 0.3) is 0 Å². The smallest absolute Gasteiger partial charge is 0.303 e. The van der Waals surface area contributed by atoms with Crippen molar-refractivity contribution < 1.29 is 42.9 Å². The Morgan fingerprint density at radius 1 is 1.00 bits per heavy atom. The Morgan fingerprint density at radius 3 is 2.11 bits per heavy atom. The number of carbonyl (C=O) groups excluding carboxylic acids is 4. The molecule has 1 aliphatic heterocycles. The zero-order valence-corrected chi connectivity index (χ0v) is 16.2. The van der Waals surface area contributed by atoms with Crippen LogP contribution in [0.2, 0.25) is 0 Å². The predicted molar refractivity (Wildman–Crippen MR) is 90.2 cm³/mol. The highest BCUT2D eigenvalue weighted by Crippen LogP contribution is 2.26. The fourth-order valence-electron chi connectivity index (χ4n) is 2.79. The van der Waals surface area contributed by atoms with Crippen LogP contribution >= 0.6 is 0 Å². The molecule has 0 aromatic heterocycles. The van der Waals surface area contributed by atoms with Gasteiger partial charge in [-0.1, -0.05) is 0 Å². The largest absolute Gasteiger partial charge is 0.463 e. The highest BCUT2D eigenvalue weighted by atomic mass is 16.7. The van der Waals surface area contributed by atoms with Gasteiger partial charge in [0.05, 0.1) is 6.04 Å². The minimum Gasteiger partial charge on any atom is -0.463 e. The van der Waals surface area contributed by atoms with Gasteiger partial charge >= 0.3 is 17.9 Å². The lowest BCUT2D eigenvalue weighted by Crippen LogP contribution is -2.46. The van der Waals surface area contributed by atoms with E-state index < -0.39 is 48.6 Å². The van der Waals surface area contributed by atoms with Crippen LogP contribution in [-0.2, 0) is 42.9 Å². The number of hydrogen-bond donors (Lipinski definition) is 1. The first-order valence-electron chi connectivity index (χ1n) is 8.66. The number of amides is 1. The van der Waals surface area contributed by atoms with Crippen molar-refractivity contribution in [1.82, 2.24) is 5.32 Å². The summed E-state index contributed by atoms with van der Waals surface area (Å²) < 4.78 is 27.1. The molecule has 1 N–H and O–H groups in total. The van der Waals surface area contributed by atoms with Crippen molar-refractivity contribution >= 4 is 23.8 Å². The molecule has 1 heterocycles. The molecule has 1 aliphatic rings. The lowest BCUT2D eigenvalue weighted by Gasteiger charge is -2.29. The molecule has 27 heavy (non-hydrogen) atoms. The number of esters is 3. The van der Waals surface area contributed by atoms with Crippen LogP contribution in [-0.4, -0.2) is 67.7 Å². The summed E-state index contributed by atoms with van der Waals surface area (Å²) in [5, 5.41) is 2.69. The maximum Gasteiger partial charge on any atom is 0.303 e. The van der Waals surface area contributed by atoms with E-state index in [1.807, 2.05) is 0 Å². The van der Waals surface area contributed by atoms with Crippen molar-refractivity contribution in [3.05, 3.63) is 0 Å². The Kier molecular flexibility index (Phi) is 9.16. The van der Waals surface area contributed by atoms with E-state index in [0.717, 1.165) is 0 Å². The summed E-state index contributed by atoms with van der Waals surface area (Å²) in [6.07, 6.45) is -3.78. The molecule has 0 aromatic carbocycles. The van der Waals surface area contributed by atoms with E-state index in [0.29, 0.717) is 0 Å². The van der Waals surface area contributed by atoms with Gasteiger partial charge in [-0.15, -0.1) is 0 Å². The van der Waals surface area contributed by atoms with Gasteiger partial charge < -0.3 is 29.0 Å². The van der Waals surface area contributed by atoms with Gasteiger partial charge in [-0.05, 0) is 6.92 Å². The first kappa shape index (κ1) is 22.8. The summed E-state index contributed by atoms with van der Waals surface area (Å²) in [5.74, 6) is -2.11. The fourth-order valence-corrected chi connectivity index (χ4v) is 2.79. The van der Waals surface area contributed by atoms with E-state index in [1.54, 1.807) is 6.92 Å². The van der Waals surface area contributed by atoms with Crippen molar-refractivity contribution in [2.75, 3.05) is 13.2 Å². The molecule has 1 rings (SSSR count). The van der Waals surface area contributed by atoms with Gasteiger partial charge in [0.1, 0.15) is 18.8 Å². The SMILES string of the molecule is CCOC1OC(COC(C)=O)C(OC(C)=O)C(OC(C)=O)CC1NC(C)=O. The highest BCUT2D eigenvalue weighted by molar-refractivity contribution is 5.73. The first-order chi connectivity index (χ1) is 12.6. The molecule has 1 amide bonds. The molecule has 0 radical (unpaired) electrons. The average molecular weight is 389 g/mol. The lowest BCUT2D eigenvalue weighted by atomic mass is 10.0. The summed E-state index contributed by atoms with van der Waals surface area (Å²) in [5.41, 5.74) is 0. The van der Waals surface area contributed by atoms with Crippen LogP contribution in [0.15, 0.2) is 0 Å². The fraction of sp³-hybridized carbons (Fsp3) is 0.765. The molecule has 1 saturated heterocycles. The van der Waals surface area contributed by atoms with Gasteiger partial charge in [-0.25, -0.2) is 0 Å². The normalized spacial score (nSPS) is 27.8. The van der Waals surface area contributed by atoms with Crippen LogP contribution in [0.5, 0.6) is 0 Å². The highest BCUT2D eigenvalue weighted by Gasteiger charge is 2.45. The molecule has 10 heteroatoms. The first-order valence-corrected chi connectivity index (χ1v) is 8.66. The van der Waals surface area contributed by atoms with Crippen molar-refractivity contribution in [2.45, 2.75) is 71.7 Å². The number of carbonyl (C=O) groups is 4. The molecule has 154 valence electrons. The van der Waals surface area contributed by atoms with E-state index in [-0.39, 0.29) is 25.5 Å². The Morgan fingerprint density at radius 2 is 1.63 bits per heavy atom. The second-order valence-corrected chi connectivity index (χ2v) is 6.07. The maximum atomic E-state index is 11.6. The Labute approximate surface area is 157 Å². The summed E-state index contributed by atoms with van der Waals surface area (Å²) in [6, 6.07) is -0.674. The quantitative estimate of drug-likeness (QED) is 0.475. The lowest BCUT2D eigenvalue weighted by molar-refractivity contribution is -0.215. The van der Waals surface area contributed by atoms with Gasteiger partial charge in [0.2, 0.25) is 5.91 Å². The van der Waals surface area contributed by atoms with Gasteiger partial charge in [0, 0.05) is 40.7 Å². The zero-order valence-electron chi connectivity index (χ0n) is 16.2. The van der Waals surface area contributed by atoms with Crippen molar-refractivity contribution in [3.8, 4) is 0 Å². The molecule has 0 aliphatic carbocycles. The van der Waals surface area contributed by atoms with Gasteiger partial charge in [-0.3, -0.25) is 19.2 Å². The summed E-state index contributed by atoms with van der Waals surface area (Å²) in [7, 11) is 0. The topological polar surface area (TPSA) is 126 Å². The Bertz CT molecular complexity index is 551. The third-order valence-corrected chi connectivity index (χ3v) is 3.65. The van der Waals surface area contributed by atoms with E-state index in [1.165, 1.54) is 27.7 Å². The van der Waals surface area contributed by atoms with Crippen LogP contribution in [0, 0.1) is 0 Å². The van der Waals surface area contributed by atoms with Crippen LogP contribution in [0.1, 0.15) is 41.0 Å². The number of nitrogens with one attached hydrogen (secondary N) is 1. The maximum absolute atomic E-state index is 11.6. The summed E-state index contributed by atoms with van der Waals surface area (Å²) in [6.45, 7) is 6.73. The summed E-state index contributed by atoms with van der Waals surface area (Å²) in [4.78, 5) is 45.9. The molecule has 0 bridgehead atoms. The Balaban J connectivity index is 3.23. The van der Waals surface area contributed by atoms with Crippen LogP contribution in [0.25, 0.3) is 0 Å². The summed E-state index contributed by atoms with van der Waals surface area (Å²) >= 11 is 0. The standard InChI is InChI=1S/C17H27NO9/c1-6-23-17-13(18-9(2)19)7-14(25-11(4)21)16(26-12(5)22)15(27-17)8-24-10(3)20/h13-17H,6-8H2,1-5H3,(H,18,19). The molecular weight excluding hydrogens is 362 g/mol. The third-order valence-electron chi connectivity index (χ3n) is 3.65. The van der Waals surface area contributed by atoms with Crippen molar-refractivity contribution in [1.29, 1.82) is 0 Å². The minimum atomic E-state index is -1.05. The molecule has 5 atom stereocenters. The van der Waals surface area contributed by atoms with Crippen molar-refractivity contribution in [2.24, 2.45) is 0 Å². The van der Waals surface area contributed by atoms with E-state index >= 15 is 0 Å². The monoisotopic (exact) mass is 389 g/mol. The van der Waals surface area contributed by atoms with Crippen LogP contribution in [0.4, 0.5) is 0 Å².